The Bertz CT molecular complexity index is 3710. The largest absolute Gasteiger partial charge is 0.465 e. The first-order chi connectivity index (χ1) is 40.9. The third kappa shape index (κ3) is 12.5. The molecule has 5 aromatic carbocycles. The summed E-state index contributed by atoms with van der Waals surface area (Å²) in [4.78, 5) is 116. The average molecular weight is 1180 g/mol. The monoisotopic (exact) mass is 1180 g/mol. The third-order valence-electron chi connectivity index (χ3n) is 15.7. The van der Waals surface area contributed by atoms with E-state index < -0.39 is 71.7 Å². The molecule has 2 aliphatic heterocycles. The highest BCUT2D eigenvalue weighted by Gasteiger charge is 2.40. The lowest BCUT2D eigenvalue weighted by atomic mass is 9.95. The molecule has 0 saturated carbocycles. The van der Waals surface area contributed by atoms with Crippen LogP contribution in [0.4, 0.5) is 31.4 Å². The van der Waals surface area contributed by atoms with Gasteiger partial charge in [-0.25, -0.2) is 19.2 Å². The van der Waals surface area contributed by atoms with Gasteiger partial charge in [-0.15, -0.1) is 11.6 Å². The van der Waals surface area contributed by atoms with Gasteiger partial charge >= 0.3 is 24.2 Å². The maximum absolute atomic E-state index is 14.6. The van der Waals surface area contributed by atoms with E-state index in [1.54, 1.807) is 56.0 Å². The molecule has 22 nitrogen and oxygen atoms in total. The Balaban J connectivity index is 0.794. The van der Waals surface area contributed by atoms with Crippen molar-refractivity contribution in [1.82, 2.24) is 30.7 Å². The fourth-order valence-corrected chi connectivity index (χ4v) is 11.5. The average Bonchev–Trinajstić information content (AvgIpc) is 1.93. The van der Waals surface area contributed by atoms with Gasteiger partial charge in [0.15, 0.2) is 11.5 Å². The summed E-state index contributed by atoms with van der Waals surface area (Å²) in [6.45, 7) is 7.73. The number of piperazine rings is 1. The minimum atomic E-state index is -1.13. The molecule has 1 fully saturated rings. The van der Waals surface area contributed by atoms with Gasteiger partial charge in [-0.05, 0) is 109 Å². The summed E-state index contributed by atoms with van der Waals surface area (Å²) in [5, 5.41) is 14.5. The van der Waals surface area contributed by atoms with Gasteiger partial charge in [0.05, 0.1) is 23.9 Å². The molecule has 4 heterocycles. The van der Waals surface area contributed by atoms with Crippen LogP contribution in [0, 0.1) is 12.8 Å². The van der Waals surface area contributed by atoms with E-state index in [0.717, 1.165) is 22.3 Å². The normalized spacial score (nSPS) is 15.4. The number of fused-ring (bicyclic) bond motifs is 7. The fourth-order valence-electron chi connectivity index (χ4n) is 11.3. The van der Waals surface area contributed by atoms with Crippen molar-refractivity contribution in [3.8, 4) is 16.9 Å². The van der Waals surface area contributed by atoms with Crippen molar-refractivity contribution in [3.63, 3.8) is 0 Å². The molecule has 7 aromatic rings. The number of carbonyl (C=O) groups excluding carboxylic acids is 8. The molecule has 23 heteroatoms. The van der Waals surface area contributed by atoms with Crippen LogP contribution in [-0.4, -0.2) is 141 Å². The van der Waals surface area contributed by atoms with E-state index in [0.29, 0.717) is 76.4 Å². The van der Waals surface area contributed by atoms with Crippen LogP contribution in [0.1, 0.15) is 92.2 Å². The zero-order valence-electron chi connectivity index (χ0n) is 47.5. The Morgan fingerprint density at radius 3 is 2.16 bits per heavy atom. The predicted octanol–water partition coefficient (Wildman–Crippen LogP) is 8.43. The summed E-state index contributed by atoms with van der Waals surface area (Å²) < 4.78 is 23.1. The third-order valence-corrected chi connectivity index (χ3v) is 16.1. The number of halogens is 1. The Kier molecular flexibility index (Phi) is 17.4. The van der Waals surface area contributed by atoms with Gasteiger partial charge in [0.2, 0.25) is 11.8 Å². The van der Waals surface area contributed by atoms with Crippen molar-refractivity contribution >= 4 is 98.4 Å². The number of likely N-dealkylation sites (N-methyl/N-ethyl adjacent to an activating group) is 1. The predicted molar refractivity (Wildman–Crippen MR) is 319 cm³/mol. The number of carbonyl (C=O) groups is 8. The molecule has 0 bridgehead atoms. The highest BCUT2D eigenvalue weighted by atomic mass is 35.5. The quantitative estimate of drug-likeness (QED) is 0.0242. The standard InChI is InChI=1S/C62H65ClN10O12/c1-33(2)53(70-61(80)83-32-44-42-13-8-6-11-40(42)41-12-7-9-14-43(41)44)57(76)69-45(15-10-22-65-60(64)79)56(75)67-38-18-16-35(17-19-38)55(74)68-39-20-21-47-36(27-39)28-49(84-47)58(77)73-31-37(30-63)51-46(73)29-48(85-62(81)72-25-23-71(4)24-26-72)54-52(51)50(34(3)66-54)59(78)82-5/h6-9,11-14,16-21,27-29,33,37,44-45,53,66H,10,15,22-26,30-32H2,1-5H3,(H,67,75)(H,68,74)(H,69,76)(H,70,80)(H3,64,65,79)/t37-,45+,53+/m1/s1. The summed E-state index contributed by atoms with van der Waals surface area (Å²) in [5.74, 6) is -3.74. The number of esters is 1. The highest BCUT2D eigenvalue weighted by Crippen LogP contribution is 2.49. The van der Waals surface area contributed by atoms with E-state index in [1.165, 1.54) is 36.3 Å². The number of aryl methyl sites for hydroxylation is 1. The molecule has 2 aromatic heterocycles. The number of ether oxygens (including phenoxy) is 3. The number of amides is 8. The van der Waals surface area contributed by atoms with Gasteiger partial charge in [-0.3, -0.25) is 19.2 Å². The number of nitrogens with one attached hydrogen (secondary N) is 6. The summed E-state index contributed by atoms with van der Waals surface area (Å²) in [6.07, 6.45) is -1.04. The van der Waals surface area contributed by atoms with Crippen molar-refractivity contribution in [2.24, 2.45) is 11.7 Å². The maximum Gasteiger partial charge on any atom is 0.415 e. The maximum atomic E-state index is 14.6. The summed E-state index contributed by atoms with van der Waals surface area (Å²) in [7, 11) is 3.25. The number of rotatable bonds is 18. The second kappa shape index (κ2) is 25.2. The number of aromatic nitrogens is 1. The van der Waals surface area contributed by atoms with Gasteiger partial charge in [-0.2, -0.15) is 0 Å². The molecule has 1 aliphatic carbocycles. The Labute approximate surface area is 494 Å². The molecule has 8 N–H and O–H groups in total. The topological polar surface area (TPSA) is 289 Å². The van der Waals surface area contributed by atoms with Crippen molar-refractivity contribution in [3.05, 3.63) is 142 Å². The molecule has 0 spiro atoms. The number of nitrogens with zero attached hydrogens (tertiary/aromatic N) is 3. The smallest absolute Gasteiger partial charge is 0.415 e. The van der Waals surface area contributed by atoms with Crippen molar-refractivity contribution in [2.75, 3.05) is 81.4 Å². The minimum Gasteiger partial charge on any atom is -0.465 e. The number of alkyl carbamates (subject to hydrolysis) is 1. The van der Waals surface area contributed by atoms with Crippen LogP contribution in [0.2, 0.25) is 0 Å². The van der Waals surface area contributed by atoms with Crippen molar-refractivity contribution in [1.29, 1.82) is 0 Å². The lowest BCUT2D eigenvalue weighted by Crippen LogP contribution is -2.54. The number of nitrogens with two attached hydrogens (primary N) is 1. The van der Waals surface area contributed by atoms with E-state index in [1.807, 2.05) is 55.6 Å². The number of primary amides is 1. The number of aromatic amines is 1. The van der Waals surface area contributed by atoms with Gasteiger partial charge in [0.25, 0.3) is 11.8 Å². The van der Waals surface area contributed by atoms with Crippen LogP contribution in [-0.2, 0) is 19.1 Å². The number of furan rings is 1. The molecule has 442 valence electrons. The Morgan fingerprint density at radius 2 is 1.51 bits per heavy atom. The van der Waals surface area contributed by atoms with Crippen LogP contribution < -0.4 is 42.0 Å². The van der Waals surface area contributed by atoms with Gasteiger partial charge in [-0.1, -0.05) is 62.4 Å². The highest BCUT2D eigenvalue weighted by molar-refractivity contribution is 6.20. The van der Waals surface area contributed by atoms with Crippen LogP contribution in [0.5, 0.6) is 5.75 Å². The van der Waals surface area contributed by atoms with Crippen LogP contribution in [0.3, 0.4) is 0 Å². The number of methoxy groups -OCH3 is 1. The summed E-state index contributed by atoms with van der Waals surface area (Å²) in [6, 6.07) is 27.0. The number of benzene rings is 5. The molecule has 8 amide bonds. The molecule has 3 aliphatic rings. The Hall–Kier alpha value is -9.41. The van der Waals surface area contributed by atoms with Crippen LogP contribution >= 0.6 is 11.6 Å². The summed E-state index contributed by atoms with van der Waals surface area (Å²) >= 11 is 6.60. The first-order valence-corrected chi connectivity index (χ1v) is 28.5. The number of urea groups is 1. The summed E-state index contributed by atoms with van der Waals surface area (Å²) in [5.41, 5.74) is 12.8. The second-order valence-electron chi connectivity index (χ2n) is 21.7. The van der Waals surface area contributed by atoms with E-state index >= 15 is 0 Å². The second-order valence-corrected chi connectivity index (χ2v) is 22.0. The molecule has 85 heavy (non-hydrogen) atoms. The van der Waals surface area contributed by atoms with Gasteiger partial charge in [0, 0.05) is 96.5 Å². The van der Waals surface area contributed by atoms with Gasteiger partial charge in [0.1, 0.15) is 24.3 Å². The van der Waals surface area contributed by atoms with E-state index in [2.05, 4.69) is 36.5 Å². The lowest BCUT2D eigenvalue weighted by Gasteiger charge is -2.31. The van der Waals surface area contributed by atoms with E-state index in [4.69, 9.17) is 36.0 Å². The Morgan fingerprint density at radius 1 is 0.824 bits per heavy atom. The molecule has 0 radical (unpaired) electrons. The first-order valence-electron chi connectivity index (χ1n) is 27.9. The molecule has 1 saturated heterocycles. The SMILES string of the molecule is COC(=O)c1c(C)[nH]c2c(OC(=O)N3CCN(C)CC3)cc3c(c12)[C@H](CCl)CN3C(=O)c1cc2cc(NC(=O)c3ccc(NC(=O)[C@H](CCCNC(N)=O)NC(=O)[C@@H](NC(=O)OCC4c5ccccc5-c5ccccc54)C(C)C)cc3)ccc2o1. The minimum absolute atomic E-state index is 0.0270. The molecular weight excluding hydrogens is 1110 g/mol. The molecule has 10 rings (SSSR count). The fraction of sp³-hybridized carbons (Fsp3) is 0.323. The number of alkyl halides is 1. The van der Waals surface area contributed by atoms with Crippen molar-refractivity contribution in [2.45, 2.75) is 57.5 Å². The van der Waals surface area contributed by atoms with Crippen LogP contribution in [0.15, 0.2) is 108 Å². The van der Waals surface area contributed by atoms with Gasteiger partial charge < -0.3 is 70.6 Å². The number of H-pyrrole nitrogens is 1. The molecular formula is C62H65ClN10O12. The molecule has 0 unspecified atom stereocenters. The number of hydrogen-bond acceptors (Lipinski definition) is 13. The number of anilines is 3. The van der Waals surface area contributed by atoms with E-state index in [-0.39, 0.29) is 67.0 Å². The number of hydrogen-bond donors (Lipinski definition) is 7. The van der Waals surface area contributed by atoms with E-state index in [9.17, 15) is 38.4 Å². The first kappa shape index (κ1) is 58.8. The molecule has 3 atom stereocenters. The zero-order chi connectivity index (χ0) is 60.2. The zero-order valence-corrected chi connectivity index (χ0v) is 48.2. The lowest BCUT2D eigenvalue weighted by molar-refractivity contribution is -0.128. The van der Waals surface area contributed by atoms with Crippen LogP contribution in [0.25, 0.3) is 33.0 Å². The van der Waals surface area contributed by atoms with Crippen molar-refractivity contribution < 1.29 is 57.0 Å².